The van der Waals surface area contributed by atoms with Crippen LogP contribution in [0, 0.1) is 0 Å². The highest BCUT2D eigenvalue weighted by Crippen LogP contribution is 2.22. The summed E-state index contributed by atoms with van der Waals surface area (Å²) in [6.07, 6.45) is 6.23. The Morgan fingerprint density at radius 2 is 1.35 bits per heavy atom. The zero-order valence-electron chi connectivity index (χ0n) is 13.5. The van der Waals surface area contributed by atoms with Gasteiger partial charge in [-0.2, -0.15) is 10.2 Å². The molecule has 0 saturated carbocycles. The van der Waals surface area contributed by atoms with Crippen molar-refractivity contribution in [1.82, 2.24) is 0 Å². The molecule has 0 aliphatic rings. The van der Waals surface area contributed by atoms with E-state index in [1.54, 1.807) is 12.1 Å². The number of ether oxygens (including phenoxy) is 1. The normalized spacial score (nSPS) is 11.0. The average Bonchev–Trinajstić information content (AvgIpc) is 2.58. The van der Waals surface area contributed by atoms with Gasteiger partial charge in [0, 0.05) is 5.02 Å². The maximum atomic E-state index is 5.84. The van der Waals surface area contributed by atoms with Crippen molar-refractivity contribution in [3.05, 3.63) is 53.6 Å². The van der Waals surface area contributed by atoms with Gasteiger partial charge in [0.15, 0.2) is 0 Å². The molecule has 0 fully saturated rings. The largest absolute Gasteiger partial charge is 0.494 e. The zero-order valence-corrected chi connectivity index (χ0v) is 14.3. The molecule has 0 aliphatic carbocycles. The predicted octanol–water partition coefficient (Wildman–Crippen LogP) is 7.10. The van der Waals surface area contributed by atoms with E-state index in [9.17, 15) is 0 Å². The first-order chi connectivity index (χ1) is 11.3. The molecule has 4 heteroatoms. The van der Waals surface area contributed by atoms with Crippen LogP contribution >= 0.6 is 11.6 Å². The quantitative estimate of drug-likeness (QED) is 0.356. The Morgan fingerprint density at radius 3 is 1.96 bits per heavy atom. The third-order valence-corrected chi connectivity index (χ3v) is 3.71. The second-order valence-corrected chi connectivity index (χ2v) is 5.87. The van der Waals surface area contributed by atoms with Crippen molar-refractivity contribution < 1.29 is 4.74 Å². The Balaban J connectivity index is 1.76. The van der Waals surface area contributed by atoms with Crippen molar-refractivity contribution in [2.24, 2.45) is 10.2 Å². The van der Waals surface area contributed by atoms with Gasteiger partial charge in [0.25, 0.3) is 0 Å². The van der Waals surface area contributed by atoms with Crippen LogP contribution in [0.15, 0.2) is 58.8 Å². The predicted molar refractivity (Wildman–Crippen MR) is 96.3 cm³/mol. The summed E-state index contributed by atoms with van der Waals surface area (Å²) in [5, 5.41) is 9.08. The number of nitrogens with zero attached hydrogens (tertiary/aromatic N) is 2. The molecular weight excluding hydrogens is 308 g/mol. The monoisotopic (exact) mass is 330 g/mol. The van der Waals surface area contributed by atoms with Crippen LogP contribution in [0.5, 0.6) is 5.75 Å². The van der Waals surface area contributed by atoms with Crippen LogP contribution in [0.1, 0.15) is 39.0 Å². The first-order valence-electron chi connectivity index (χ1n) is 8.18. The molecular formula is C19H23ClN2O. The van der Waals surface area contributed by atoms with E-state index >= 15 is 0 Å². The Morgan fingerprint density at radius 1 is 0.783 bits per heavy atom. The minimum absolute atomic E-state index is 0.695. The first-order valence-corrected chi connectivity index (χ1v) is 8.56. The lowest BCUT2D eigenvalue weighted by Crippen LogP contribution is -1.96. The van der Waals surface area contributed by atoms with Crippen molar-refractivity contribution >= 4 is 23.0 Å². The minimum atomic E-state index is 0.695. The zero-order chi connectivity index (χ0) is 16.3. The summed E-state index contributed by atoms with van der Waals surface area (Å²) in [5.74, 6) is 0.880. The Bertz CT molecular complexity index is 594. The van der Waals surface area contributed by atoms with Gasteiger partial charge in [-0.3, -0.25) is 0 Å². The maximum absolute atomic E-state index is 5.84. The fourth-order valence-corrected chi connectivity index (χ4v) is 2.25. The Hall–Kier alpha value is -1.87. The van der Waals surface area contributed by atoms with Crippen molar-refractivity contribution in [1.29, 1.82) is 0 Å². The highest BCUT2D eigenvalue weighted by Gasteiger charge is 1.96. The summed E-state index contributed by atoms with van der Waals surface area (Å²) >= 11 is 5.84. The molecule has 0 heterocycles. The molecule has 0 aromatic heterocycles. The van der Waals surface area contributed by atoms with E-state index in [-0.39, 0.29) is 0 Å². The smallest absolute Gasteiger partial charge is 0.119 e. The highest BCUT2D eigenvalue weighted by molar-refractivity contribution is 6.30. The van der Waals surface area contributed by atoms with Crippen LogP contribution in [-0.2, 0) is 0 Å². The molecule has 0 atom stereocenters. The van der Waals surface area contributed by atoms with Gasteiger partial charge in [0.2, 0.25) is 0 Å². The molecule has 0 saturated heterocycles. The molecule has 2 aromatic rings. The van der Waals surface area contributed by atoms with Gasteiger partial charge < -0.3 is 4.74 Å². The van der Waals surface area contributed by atoms with E-state index < -0.39 is 0 Å². The van der Waals surface area contributed by atoms with Gasteiger partial charge in [0.1, 0.15) is 5.75 Å². The molecule has 0 aliphatic heterocycles. The van der Waals surface area contributed by atoms with Crippen LogP contribution in [-0.4, -0.2) is 6.61 Å². The molecule has 2 rings (SSSR count). The third kappa shape index (κ3) is 6.83. The number of azo groups is 1. The van der Waals surface area contributed by atoms with Gasteiger partial charge >= 0.3 is 0 Å². The number of halogens is 1. The summed E-state index contributed by atoms with van der Waals surface area (Å²) < 4.78 is 5.73. The van der Waals surface area contributed by atoms with E-state index in [0.717, 1.165) is 30.2 Å². The number of unbranched alkanes of at least 4 members (excludes halogenated alkanes) is 4. The molecule has 0 spiro atoms. The summed E-state index contributed by atoms with van der Waals surface area (Å²) in [7, 11) is 0. The van der Waals surface area contributed by atoms with E-state index in [1.807, 2.05) is 36.4 Å². The lowest BCUT2D eigenvalue weighted by Gasteiger charge is -2.05. The molecule has 23 heavy (non-hydrogen) atoms. The molecule has 0 amide bonds. The molecule has 122 valence electrons. The number of rotatable bonds is 9. The van der Waals surface area contributed by atoms with E-state index in [1.165, 1.54) is 25.7 Å². The van der Waals surface area contributed by atoms with Crippen LogP contribution in [0.2, 0.25) is 5.02 Å². The topological polar surface area (TPSA) is 34.0 Å². The fourth-order valence-electron chi connectivity index (χ4n) is 2.13. The van der Waals surface area contributed by atoms with Crippen LogP contribution in [0.3, 0.4) is 0 Å². The average molecular weight is 331 g/mol. The number of hydrogen-bond acceptors (Lipinski definition) is 3. The van der Waals surface area contributed by atoms with E-state index in [2.05, 4.69) is 17.2 Å². The van der Waals surface area contributed by atoms with E-state index in [4.69, 9.17) is 16.3 Å². The lowest BCUT2D eigenvalue weighted by molar-refractivity contribution is 0.304. The van der Waals surface area contributed by atoms with Crippen LogP contribution in [0.25, 0.3) is 0 Å². The fraction of sp³-hybridized carbons (Fsp3) is 0.368. The SMILES string of the molecule is CCCCCCCOc1ccc(N=Nc2ccc(Cl)cc2)cc1. The molecule has 0 unspecified atom stereocenters. The van der Waals surface area contributed by atoms with Crippen LogP contribution < -0.4 is 4.74 Å². The van der Waals surface area contributed by atoms with E-state index in [0.29, 0.717) is 5.02 Å². The molecule has 0 bridgehead atoms. The summed E-state index contributed by atoms with van der Waals surface area (Å²) in [4.78, 5) is 0. The van der Waals surface area contributed by atoms with Gasteiger partial charge in [-0.1, -0.05) is 44.2 Å². The first kappa shape index (κ1) is 17.5. The number of hydrogen-bond donors (Lipinski definition) is 0. The maximum Gasteiger partial charge on any atom is 0.119 e. The summed E-state index contributed by atoms with van der Waals surface area (Å²) in [6, 6.07) is 15.0. The minimum Gasteiger partial charge on any atom is -0.494 e. The van der Waals surface area contributed by atoms with Crippen molar-refractivity contribution in [2.75, 3.05) is 6.61 Å². The molecule has 3 nitrogen and oxygen atoms in total. The molecule has 0 radical (unpaired) electrons. The standard InChI is InChI=1S/C19H23ClN2O/c1-2-3-4-5-6-15-23-19-13-11-18(12-14-19)22-21-17-9-7-16(20)8-10-17/h7-14H,2-6,15H2,1H3. The summed E-state index contributed by atoms with van der Waals surface area (Å²) in [6.45, 7) is 3.00. The lowest BCUT2D eigenvalue weighted by atomic mass is 10.2. The van der Waals surface area contributed by atoms with Gasteiger partial charge in [-0.05, 0) is 55.0 Å². The second-order valence-electron chi connectivity index (χ2n) is 5.43. The number of benzene rings is 2. The molecule has 2 aromatic carbocycles. The molecule has 0 N–H and O–H groups in total. The van der Waals surface area contributed by atoms with Crippen molar-refractivity contribution in [2.45, 2.75) is 39.0 Å². The highest BCUT2D eigenvalue weighted by atomic mass is 35.5. The van der Waals surface area contributed by atoms with Gasteiger partial charge in [-0.25, -0.2) is 0 Å². The second kappa shape index (κ2) is 10.0. The Labute approximate surface area is 143 Å². The van der Waals surface area contributed by atoms with Gasteiger partial charge in [-0.15, -0.1) is 0 Å². The van der Waals surface area contributed by atoms with Crippen LogP contribution in [0.4, 0.5) is 11.4 Å². The van der Waals surface area contributed by atoms with Gasteiger partial charge in [0.05, 0.1) is 18.0 Å². The van der Waals surface area contributed by atoms with Crippen molar-refractivity contribution in [3.63, 3.8) is 0 Å². The summed E-state index contributed by atoms with van der Waals surface area (Å²) in [5.41, 5.74) is 1.58. The van der Waals surface area contributed by atoms with Crippen molar-refractivity contribution in [3.8, 4) is 5.75 Å². The Kier molecular flexibility index (Phi) is 7.61. The third-order valence-electron chi connectivity index (χ3n) is 3.46.